The standard InChI is InChI=1S/C18H23N5O3S/c1-13-15(12-19)18(27-21-13)23-7-5-20-16(24)2-6-22(8-9-23)17(25)14-3-10-26-11-4-14/h3H,2,4-11H2,1H3,(H,20,24). The average Bonchev–Trinajstić information content (AvgIpc) is 3.07. The molecule has 0 radical (unpaired) electrons. The van der Waals surface area contributed by atoms with E-state index in [4.69, 9.17) is 4.74 Å². The summed E-state index contributed by atoms with van der Waals surface area (Å²) in [6.45, 7) is 5.33. The Labute approximate surface area is 162 Å². The molecule has 27 heavy (non-hydrogen) atoms. The summed E-state index contributed by atoms with van der Waals surface area (Å²) in [5.41, 5.74) is 2.02. The minimum atomic E-state index is -0.0726. The summed E-state index contributed by atoms with van der Waals surface area (Å²) in [4.78, 5) is 28.7. The molecule has 0 bridgehead atoms. The lowest BCUT2D eigenvalue weighted by Gasteiger charge is -2.31. The van der Waals surface area contributed by atoms with Crippen LogP contribution in [0.15, 0.2) is 11.6 Å². The minimum Gasteiger partial charge on any atom is -0.377 e. The van der Waals surface area contributed by atoms with Crippen LogP contribution >= 0.6 is 11.5 Å². The summed E-state index contributed by atoms with van der Waals surface area (Å²) >= 11 is 1.28. The number of aromatic nitrogens is 1. The molecule has 2 amide bonds. The SMILES string of the molecule is Cc1nsc(N2CCNC(=O)CCN(C(=O)C3=CCOCC3)CC2)c1C#N. The lowest BCUT2D eigenvalue weighted by molar-refractivity contribution is -0.128. The van der Waals surface area contributed by atoms with E-state index >= 15 is 0 Å². The van der Waals surface area contributed by atoms with Gasteiger partial charge in [-0.15, -0.1) is 0 Å². The monoisotopic (exact) mass is 389 g/mol. The zero-order valence-corrected chi connectivity index (χ0v) is 16.2. The number of nitrogens with one attached hydrogen (secondary N) is 1. The molecule has 0 aliphatic carbocycles. The Kier molecular flexibility index (Phi) is 6.42. The van der Waals surface area contributed by atoms with Crippen molar-refractivity contribution in [2.24, 2.45) is 0 Å². The van der Waals surface area contributed by atoms with Crippen LogP contribution in [-0.4, -0.2) is 67.0 Å². The molecule has 1 N–H and O–H groups in total. The van der Waals surface area contributed by atoms with Crippen LogP contribution in [0.25, 0.3) is 0 Å². The topological polar surface area (TPSA) is 98.6 Å². The van der Waals surface area contributed by atoms with Gasteiger partial charge >= 0.3 is 0 Å². The van der Waals surface area contributed by atoms with E-state index in [0.29, 0.717) is 70.0 Å². The van der Waals surface area contributed by atoms with Crippen molar-refractivity contribution in [2.75, 3.05) is 50.8 Å². The summed E-state index contributed by atoms with van der Waals surface area (Å²) in [6.07, 6.45) is 2.71. The summed E-state index contributed by atoms with van der Waals surface area (Å²) in [5.74, 6) is -0.107. The second-order valence-corrected chi connectivity index (χ2v) is 7.25. The third kappa shape index (κ3) is 4.64. The van der Waals surface area contributed by atoms with Crippen LogP contribution in [0.5, 0.6) is 0 Å². The smallest absolute Gasteiger partial charge is 0.249 e. The van der Waals surface area contributed by atoms with Gasteiger partial charge in [-0.1, -0.05) is 6.08 Å². The van der Waals surface area contributed by atoms with Gasteiger partial charge in [-0.3, -0.25) is 9.59 Å². The molecule has 3 heterocycles. The molecule has 2 aliphatic heterocycles. The van der Waals surface area contributed by atoms with E-state index in [9.17, 15) is 14.9 Å². The second-order valence-electron chi connectivity index (χ2n) is 6.49. The molecular formula is C18H23N5O3S. The normalized spacial score (nSPS) is 19.1. The number of nitrogens with zero attached hydrogens (tertiary/aromatic N) is 4. The predicted molar refractivity (Wildman–Crippen MR) is 102 cm³/mol. The van der Waals surface area contributed by atoms with Crippen molar-refractivity contribution in [3.63, 3.8) is 0 Å². The van der Waals surface area contributed by atoms with Crippen LogP contribution in [0.3, 0.4) is 0 Å². The van der Waals surface area contributed by atoms with E-state index in [2.05, 4.69) is 15.8 Å². The lowest BCUT2D eigenvalue weighted by Crippen LogP contribution is -2.45. The molecule has 0 aromatic carbocycles. The molecule has 0 saturated carbocycles. The molecule has 1 fully saturated rings. The highest BCUT2D eigenvalue weighted by Crippen LogP contribution is 2.27. The molecule has 1 saturated heterocycles. The highest BCUT2D eigenvalue weighted by atomic mass is 32.1. The molecule has 3 rings (SSSR count). The highest BCUT2D eigenvalue weighted by molar-refractivity contribution is 7.10. The number of aryl methyl sites for hydroxylation is 1. The summed E-state index contributed by atoms with van der Waals surface area (Å²) < 4.78 is 9.57. The van der Waals surface area contributed by atoms with Crippen molar-refractivity contribution in [1.29, 1.82) is 5.26 Å². The Hall–Kier alpha value is -2.44. The fourth-order valence-electron chi connectivity index (χ4n) is 3.15. The van der Waals surface area contributed by atoms with E-state index in [1.807, 2.05) is 17.9 Å². The summed E-state index contributed by atoms with van der Waals surface area (Å²) in [5, 5.41) is 13.1. The fraction of sp³-hybridized carbons (Fsp3) is 0.556. The molecule has 144 valence electrons. The maximum Gasteiger partial charge on any atom is 0.249 e. The number of ether oxygens (including phenoxy) is 1. The van der Waals surface area contributed by atoms with Gasteiger partial charge < -0.3 is 19.9 Å². The first-order valence-corrected chi connectivity index (χ1v) is 9.81. The van der Waals surface area contributed by atoms with Crippen LogP contribution in [0.2, 0.25) is 0 Å². The Morgan fingerprint density at radius 3 is 2.93 bits per heavy atom. The average molecular weight is 389 g/mol. The third-order valence-corrected chi connectivity index (χ3v) is 5.72. The van der Waals surface area contributed by atoms with Crippen LogP contribution in [0, 0.1) is 18.3 Å². The molecule has 8 nitrogen and oxygen atoms in total. The van der Waals surface area contributed by atoms with E-state index in [0.717, 1.165) is 10.6 Å². The van der Waals surface area contributed by atoms with Crippen molar-refractivity contribution in [3.05, 3.63) is 22.9 Å². The molecular weight excluding hydrogens is 366 g/mol. The van der Waals surface area contributed by atoms with Crippen molar-refractivity contribution < 1.29 is 14.3 Å². The number of hydrogen-bond donors (Lipinski definition) is 1. The van der Waals surface area contributed by atoms with Gasteiger partial charge in [-0.25, -0.2) is 0 Å². The number of rotatable bonds is 2. The molecule has 0 atom stereocenters. The van der Waals surface area contributed by atoms with Gasteiger partial charge in [0.05, 0.1) is 18.9 Å². The van der Waals surface area contributed by atoms with Gasteiger partial charge in [0.1, 0.15) is 16.6 Å². The largest absolute Gasteiger partial charge is 0.377 e. The zero-order valence-electron chi connectivity index (χ0n) is 15.4. The van der Waals surface area contributed by atoms with Gasteiger partial charge in [0.15, 0.2) is 0 Å². The van der Waals surface area contributed by atoms with Gasteiger partial charge in [0.25, 0.3) is 0 Å². The Morgan fingerprint density at radius 1 is 1.33 bits per heavy atom. The zero-order chi connectivity index (χ0) is 19.2. The maximum absolute atomic E-state index is 12.9. The molecule has 1 aromatic rings. The highest BCUT2D eigenvalue weighted by Gasteiger charge is 2.24. The first-order chi connectivity index (χ1) is 13.1. The quantitative estimate of drug-likeness (QED) is 0.804. The fourth-order valence-corrected chi connectivity index (χ4v) is 4.05. The van der Waals surface area contributed by atoms with Crippen LogP contribution in [0.1, 0.15) is 24.1 Å². The van der Waals surface area contributed by atoms with E-state index < -0.39 is 0 Å². The molecule has 0 unspecified atom stereocenters. The van der Waals surface area contributed by atoms with E-state index in [-0.39, 0.29) is 11.8 Å². The van der Waals surface area contributed by atoms with Gasteiger partial charge in [0.2, 0.25) is 11.8 Å². The minimum absolute atomic E-state index is 0.0346. The Balaban J connectivity index is 1.79. The van der Waals surface area contributed by atoms with Crippen molar-refractivity contribution >= 4 is 28.3 Å². The van der Waals surface area contributed by atoms with Crippen LogP contribution in [0.4, 0.5) is 5.00 Å². The number of carbonyl (C=O) groups excluding carboxylic acids is 2. The second kappa shape index (κ2) is 8.97. The first kappa shape index (κ1) is 19.3. The van der Waals surface area contributed by atoms with Crippen molar-refractivity contribution in [2.45, 2.75) is 19.8 Å². The number of nitriles is 1. The Bertz CT molecular complexity index is 782. The Morgan fingerprint density at radius 2 is 2.19 bits per heavy atom. The number of hydrogen-bond acceptors (Lipinski definition) is 7. The third-order valence-electron chi connectivity index (χ3n) is 4.72. The number of amides is 2. The molecule has 0 spiro atoms. The number of anilines is 1. The van der Waals surface area contributed by atoms with E-state index in [1.165, 1.54) is 11.5 Å². The van der Waals surface area contributed by atoms with Gasteiger partial charge in [-0.05, 0) is 18.5 Å². The summed E-state index contributed by atoms with van der Waals surface area (Å²) in [7, 11) is 0. The van der Waals surface area contributed by atoms with Gasteiger partial charge in [0, 0.05) is 51.1 Å². The number of carbonyl (C=O) groups is 2. The summed E-state index contributed by atoms with van der Waals surface area (Å²) in [6, 6.07) is 2.21. The molecule has 1 aromatic heterocycles. The lowest BCUT2D eigenvalue weighted by atomic mass is 10.1. The van der Waals surface area contributed by atoms with Crippen LogP contribution < -0.4 is 10.2 Å². The van der Waals surface area contributed by atoms with E-state index in [1.54, 1.807) is 4.90 Å². The first-order valence-electron chi connectivity index (χ1n) is 9.04. The molecule has 9 heteroatoms. The maximum atomic E-state index is 12.9. The van der Waals surface area contributed by atoms with Crippen LogP contribution in [-0.2, 0) is 14.3 Å². The van der Waals surface area contributed by atoms with Crippen molar-refractivity contribution in [1.82, 2.24) is 14.6 Å². The predicted octanol–water partition coefficient (Wildman–Crippen LogP) is 0.825. The van der Waals surface area contributed by atoms with Crippen molar-refractivity contribution in [3.8, 4) is 6.07 Å². The molecule has 2 aliphatic rings. The van der Waals surface area contributed by atoms with Gasteiger partial charge in [-0.2, -0.15) is 9.64 Å².